The first-order chi connectivity index (χ1) is 5.16. The van der Waals surface area contributed by atoms with Crippen LogP contribution in [0.2, 0.25) is 0 Å². The van der Waals surface area contributed by atoms with E-state index in [2.05, 4.69) is 19.2 Å². The molecule has 0 aliphatic carbocycles. The summed E-state index contributed by atoms with van der Waals surface area (Å²) in [5.74, 6) is 0.221. The highest BCUT2D eigenvalue weighted by Gasteiger charge is 2.28. The van der Waals surface area contributed by atoms with Crippen molar-refractivity contribution in [3.05, 3.63) is 0 Å². The van der Waals surface area contributed by atoms with Crippen LogP contribution in [-0.2, 0) is 4.79 Å². The quantitative estimate of drug-likeness (QED) is 0.646. The molecule has 0 bridgehead atoms. The van der Waals surface area contributed by atoms with Crippen molar-refractivity contribution >= 4 is 5.91 Å². The maximum atomic E-state index is 10.8. The van der Waals surface area contributed by atoms with E-state index in [1.54, 1.807) is 0 Å². The predicted octanol–water partition coefficient (Wildman–Crippen LogP) is 1.70. The zero-order valence-corrected chi connectivity index (χ0v) is 7.44. The molecule has 2 heteroatoms. The summed E-state index contributed by atoms with van der Waals surface area (Å²) in [7, 11) is 0. The minimum Gasteiger partial charge on any atom is -0.356 e. The normalized spacial score (nSPS) is 31.6. The SMILES string of the molecule is CCCC1(C)CCC(=O)NC1. The number of hydrogen-bond donors (Lipinski definition) is 1. The molecule has 1 fully saturated rings. The lowest BCUT2D eigenvalue weighted by Crippen LogP contribution is -2.41. The van der Waals surface area contributed by atoms with E-state index in [0.717, 1.165) is 19.4 Å². The molecule has 1 rings (SSSR count). The van der Waals surface area contributed by atoms with E-state index in [1.165, 1.54) is 12.8 Å². The van der Waals surface area contributed by atoms with Crippen molar-refractivity contribution in [2.75, 3.05) is 6.54 Å². The number of rotatable bonds is 2. The number of carbonyl (C=O) groups excluding carboxylic acids is 1. The molecule has 0 aromatic heterocycles. The molecular weight excluding hydrogens is 138 g/mol. The van der Waals surface area contributed by atoms with Gasteiger partial charge in [-0.2, -0.15) is 0 Å². The Hall–Kier alpha value is -0.530. The molecule has 1 heterocycles. The van der Waals surface area contributed by atoms with Crippen LogP contribution in [0, 0.1) is 5.41 Å². The Bertz CT molecular complexity index is 144. The molecule has 0 saturated carbocycles. The molecule has 0 aromatic rings. The lowest BCUT2D eigenvalue weighted by molar-refractivity contribution is -0.124. The van der Waals surface area contributed by atoms with Crippen LogP contribution in [-0.4, -0.2) is 12.5 Å². The van der Waals surface area contributed by atoms with E-state index in [0.29, 0.717) is 5.41 Å². The second-order valence-electron chi connectivity index (χ2n) is 3.84. The van der Waals surface area contributed by atoms with Crippen LogP contribution < -0.4 is 5.32 Å². The number of piperidine rings is 1. The fraction of sp³-hybridized carbons (Fsp3) is 0.889. The lowest BCUT2D eigenvalue weighted by Gasteiger charge is -2.33. The van der Waals surface area contributed by atoms with E-state index < -0.39 is 0 Å². The van der Waals surface area contributed by atoms with Gasteiger partial charge in [0.15, 0.2) is 0 Å². The first-order valence-electron chi connectivity index (χ1n) is 4.43. The van der Waals surface area contributed by atoms with Crippen LogP contribution in [0.5, 0.6) is 0 Å². The molecule has 1 aliphatic heterocycles. The molecule has 64 valence electrons. The van der Waals surface area contributed by atoms with Crippen molar-refractivity contribution in [3.8, 4) is 0 Å². The van der Waals surface area contributed by atoms with E-state index >= 15 is 0 Å². The summed E-state index contributed by atoms with van der Waals surface area (Å²) in [6, 6.07) is 0. The van der Waals surface area contributed by atoms with Crippen molar-refractivity contribution < 1.29 is 4.79 Å². The topological polar surface area (TPSA) is 29.1 Å². The van der Waals surface area contributed by atoms with Crippen molar-refractivity contribution in [2.24, 2.45) is 5.41 Å². The molecule has 1 aliphatic rings. The van der Waals surface area contributed by atoms with Gasteiger partial charge in [0, 0.05) is 13.0 Å². The Morgan fingerprint density at radius 3 is 2.82 bits per heavy atom. The maximum absolute atomic E-state index is 10.8. The Labute approximate surface area is 68.4 Å². The highest BCUT2D eigenvalue weighted by atomic mass is 16.1. The van der Waals surface area contributed by atoms with Crippen LogP contribution >= 0.6 is 0 Å². The van der Waals surface area contributed by atoms with Gasteiger partial charge >= 0.3 is 0 Å². The fourth-order valence-electron chi connectivity index (χ4n) is 1.72. The summed E-state index contributed by atoms with van der Waals surface area (Å²) in [4.78, 5) is 10.8. The zero-order chi connectivity index (χ0) is 8.32. The maximum Gasteiger partial charge on any atom is 0.220 e. The Balaban J connectivity index is 2.41. The first kappa shape index (κ1) is 8.57. The molecule has 1 N–H and O–H groups in total. The molecule has 0 radical (unpaired) electrons. The molecule has 2 nitrogen and oxygen atoms in total. The van der Waals surface area contributed by atoms with Gasteiger partial charge in [-0.25, -0.2) is 0 Å². The summed E-state index contributed by atoms with van der Waals surface area (Å²) in [6.45, 7) is 5.33. The summed E-state index contributed by atoms with van der Waals surface area (Å²) < 4.78 is 0. The van der Waals surface area contributed by atoms with Crippen molar-refractivity contribution in [1.29, 1.82) is 0 Å². The molecule has 0 aromatic carbocycles. The highest BCUT2D eigenvalue weighted by Crippen LogP contribution is 2.30. The molecule has 11 heavy (non-hydrogen) atoms. The second kappa shape index (κ2) is 3.24. The number of nitrogens with one attached hydrogen (secondary N) is 1. The second-order valence-corrected chi connectivity index (χ2v) is 3.84. The molecule has 0 spiro atoms. The van der Waals surface area contributed by atoms with Crippen LogP contribution in [0.25, 0.3) is 0 Å². The van der Waals surface area contributed by atoms with Crippen molar-refractivity contribution in [1.82, 2.24) is 5.32 Å². The predicted molar refractivity (Wildman–Crippen MR) is 45.3 cm³/mol. The summed E-state index contributed by atoms with van der Waals surface area (Å²) in [5, 5.41) is 2.92. The van der Waals surface area contributed by atoms with Crippen molar-refractivity contribution in [3.63, 3.8) is 0 Å². The smallest absolute Gasteiger partial charge is 0.220 e. The van der Waals surface area contributed by atoms with Gasteiger partial charge in [-0.3, -0.25) is 4.79 Å². The third kappa shape index (κ3) is 2.21. The third-order valence-electron chi connectivity index (χ3n) is 2.52. The average Bonchev–Trinajstić information content (AvgIpc) is 1.97. The molecular formula is C9H17NO. The monoisotopic (exact) mass is 155 g/mol. The zero-order valence-electron chi connectivity index (χ0n) is 7.44. The van der Waals surface area contributed by atoms with Gasteiger partial charge in [-0.05, 0) is 18.3 Å². The highest BCUT2D eigenvalue weighted by molar-refractivity contribution is 5.76. The van der Waals surface area contributed by atoms with Crippen LogP contribution in [0.1, 0.15) is 39.5 Å². The molecule has 1 atom stereocenters. The van der Waals surface area contributed by atoms with Gasteiger partial charge in [0.1, 0.15) is 0 Å². The van der Waals surface area contributed by atoms with E-state index in [9.17, 15) is 4.79 Å². The number of amides is 1. The van der Waals surface area contributed by atoms with Gasteiger partial charge in [0.2, 0.25) is 5.91 Å². The van der Waals surface area contributed by atoms with Gasteiger partial charge in [-0.15, -0.1) is 0 Å². The van der Waals surface area contributed by atoms with Gasteiger partial charge < -0.3 is 5.32 Å². The lowest BCUT2D eigenvalue weighted by atomic mass is 9.79. The minimum atomic E-state index is 0.221. The largest absolute Gasteiger partial charge is 0.356 e. The summed E-state index contributed by atoms with van der Waals surface area (Å²) in [6.07, 6.45) is 4.23. The average molecular weight is 155 g/mol. The van der Waals surface area contributed by atoms with Gasteiger partial charge in [0.25, 0.3) is 0 Å². The minimum absolute atomic E-state index is 0.221. The van der Waals surface area contributed by atoms with Crippen molar-refractivity contribution in [2.45, 2.75) is 39.5 Å². The van der Waals surface area contributed by atoms with E-state index in [4.69, 9.17) is 0 Å². The molecule has 1 unspecified atom stereocenters. The third-order valence-corrected chi connectivity index (χ3v) is 2.52. The van der Waals surface area contributed by atoms with Crippen LogP contribution in [0.4, 0.5) is 0 Å². The Kier molecular flexibility index (Phi) is 2.53. The Morgan fingerprint density at radius 2 is 2.36 bits per heavy atom. The number of hydrogen-bond acceptors (Lipinski definition) is 1. The molecule has 1 amide bonds. The van der Waals surface area contributed by atoms with Gasteiger partial charge in [-0.1, -0.05) is 20.3 Å². The van der Waals surface area contributed by atoms with E-state index in [-0.39, 0.29) is 5.91 Å². The summed E-state index contributed by atoms with van der Waals surface area (Å²) >= 11 is 0. The van der Waals surface area contributed by atoms with E-state index in [1.807, 2.05) is 0 Å². The fourth-order valence-corrected chi connectivity index (χ4v) is 1.72. The Morgan fingerprint density at radius 1 is 1.64 bits per heavy atom. The van der Waals surface area contributed by atoms with Crippen LogP contribution in [0.15, 0.2) is 0 Å². The summed E-state index contributed by atoms with van der Waals surface area (Å²) in [5.41, 5.74) is 0.378. The molecule has 1 saturated heterocycles. The standard InChI is InChI=1S/C9H17NO/c1-3-5-9(2)6-4-8(11)10-7-9/h3-7H2,1-2H3,(H,10,11). The van der Waals surface area contributed by atoms with Crippen LogP contribution in [0.3, 0.4) is 0 Å². The number of carbonyl (C=O) groups is 1. The van der Waals surface area contributed by atoms with Gasteiger partial charge in [0.05, 0.1) is 0 Å². The first-order valence-corrected chi connectivity index (χ1v) is 4.43.